The molecule has 0 saturated carbocycles. The van der Waals surface area contributed by atoms with E-state index in [2.05, 4.69) is 16.4 Å². The highest BCUT2D eigenvalue weighted by Crippen LogP contribution is 2.30. The third-order valence-electron chi connectivity index (χ3n) is 5.78. The van der Waals surface area contributed by atoms with Crippen molar-refractivity contribution >= 4 is 17.6 Å². The maximum atomic E-state index is 12.6. The zero-order valence-electron chi connectivity index (χ0n) is 17.1. The molecule has 1 aromatic carbocycles. The molecule has 2 aliphatic rings. The number of oxazole rings is 1. The smallest absolute Gasteiger partial charge is 0.321 e. The first kappa shape index (κ1) is 20.0. The summed E-state index contributed by atoms with van der Waals surface area (Å²) < 4.78 is 5.84. The van der Waals surface area contributed by atoms with E-state index in [1.165, 1.54) is 0 Å². The second-order valence-corrected chi connectivity index (χ2v) is 7.84. The number of carbonyl (C=O) groups is 2. The Kier molecular flexibility index (Phi) is 5.70. The van der Waals surface area contributed by atoms with Gasteiger partial charge in [-0.05, 0) is 50.8 Å². The maximum absolute atomic E-state index is 12.6. The van der Waals surface area contributed by atoms with Crippen LogP contribution >= 0.6 is 0 Å². The number of likely N-dealkylation sites (tertiary alicyclic amines) is 2. The largest absolute Gasteiger partial charge is 0.445 e. The summed E-state index contributed by atoms with van der Waals surface area (Å²) >= 11 is 0. The van der Waals surface area contributed by atoms with E-state index < -0.39 is 0 Å². The minimum atomic E-state index is -0.183. The van der Waals surface area contributed by atoms with Crippen molar-refractivity contribution in [1.29, 1.82) is 5.26 Å². The zero-order chi connectivity index (χ0) is 21.1. The minimum absolute atomic E-state index is 0.0450. The minimum Gasteiger partial charge on any atom is -0.445 e. The summed E-state index contributed by atoms with van der Waals surface area (Å²) in [6.45, 7) is 4.50. The van der Waals surface area contributed by atoms with E-state index in [-0.39, 0.29) is 17.9 Å². The molecule has 156 valence electrons. The number of anilines is 1. The standard InChI is InChI=1S/C22H25N5O3/c1-15-19(21(28)26-9-2-3-10-26)25-20(30-15)17-7-11-27(12-8-17)22(29)24-18-6-4-5-16(13-18)14-23/h4-6,13,17H,2-3,7-12H2,1H3,(H,24,29). The molecule has 2 aliphatic heterocycles. The molecule has 0 spiro atoms. The summed E-state index contributed by atoms with van der Waals surface area (Å²) in [5.74, 6) is 1.21. The van der Waals surface area contributed by atoms with Gasteiger partial charge in [-0.25, -0.2) is 9.78 Å². The van der Waals surface area contributed by atoms with Crippen molar-refractivity contribution in [2.24, 2.45) is 0 Å². The Hall–Kier alpha value is -3.34. The van der Waals surface area contributed by atoms with Gasteiger partial charge in [0.2, 0.25) is 0 Å². The van der Waals surface area contributed by atoms with E-state index in [0.717, 1.165) is 38.8 Å². The van der Waals surface area contributed by atoms with Crippen LogP contribution in [0.2, 0.25) is 0 Å². The summed E-state index contributed by atoms with van der Waals surface area (Å²) in [7, 11) is 0. The third kappa shape index (κ3) is 4.15. The molecule has 8 nitrogen and oxygen atoms in total. The lowest BCUT2D eigenvalue weighted by Gasteiger charge is -2.30. The normalized spacial score (nSPS) is 17.1. The number of aromatic nitrogens is 1. The summed E-state index contributed by atoms with van der Waals surface area (Å²) in [4.78, 5) is 33.3. The van der Waals surface area contributed by atoms with Gasteiger partial charge in [-0.15, -0.1) is 0 Å². The lowest BCUT2D eigenvalue weighted by Crippen LogP contribution is -2.40. The van der Waals surface area contributed by atoms with Crippen molar-refractivity contribution in [3.05, 3.63) is 47.2 Å². The van der Waals surface area contributed by atoms with Crippen LogP contribution in [0.5, 0.6) is 0 Å². The molecule has 8 heteroatoms. The molecular formula is C22H25N5O3. The Balaban J connectivity index is 1.35. The molecule has 0 atom stereocenters. The molecule has 2 fully saturated rings. The SMILES string of the molecule is Cc1oc(C2CCN(C(=O)Nc3cccc(C#N)c3)CC2)nc1C(=O)N1CCCC1. The molecule has 3 amide bonds. The zero-order valence-corrected chi connectivity index (χ0v) is 17.1. The van der Waals surface area contributed by atoms with Crippen LogP contribution in [-0.4, -0.2) is 52.9 Å². The number of nitrogens with zero attached hydrogens (tertiary/aromatic N) is 4. The van der Waals surface area contributed by atoms with E-state index in [1.807, 2.05) is 4.90 Å². The third-order valence-corrected chi connectivity index (χ3v) is 5.78. The predicted octanol–water partition coefficient (Wildman–Crippen LogP) is 3.50. The Morgan fingerprint density at radius 3 is 2.60 bits per heavy atom. The number of hydrogen-bond acceptors (Lipinski definition) is 5. The van der Waals surface area contributed by atoms with Gasteiger partial charge < -0.3 is 19.5 Å². The van der Waals surface area contributed by atoms with Crippen LogP contribution in [0.15, 0.2) is 28.7 Å². The van der Waals surface area contributed by atoms with Crippen molar-refractivity contribution in [1.82, 2.24) is 14.8 Å². The molecule has 0 radical (unpaired) electrons. The highest BCUT2D eigenvalue weighted by molar-refractivity contribution is 5.93. The summed E-state index contributed by atoms with van der Waals surface area (Å²) in [6, 6.07) is 8.74. The monoisotopic (exact) mass is 407 g/mol. The van der Waals surface area contributed by atoms with Crippen LogP contribution in [0.25, 0.3) is 0 Å². The Bertz CT molecular complexity index is 979. The molecule has 1 aromatic heterocycles. The molecule has 0 bridgehead atoms. The van der Waals surface area contributed by atoms with Crippen LogP contribution in [0.4, 0.5) is 10.5 Å². The van der Waals surface area contributed by atoms with E-state index in [1.54, 1.807) is 36.1 Å². The van der Waals surface area contributed by atoms with Crippen molar-refractivity contribution in [2.45, 2.75) is 38.5 Å². The lowest BCUT2D eigenvalue weighted by molar-refractivity contribution is 0.0786. The number of nitriles is 1. The number of piperidine rings is 1. The second-order valence-electron chi connectivity index (χ2n) is 7.84. The van der Waals surface area contributed by atoms with Gasteiger partial charge in [-0.1, -0.05) is 6.07 Å². The van der Waals surface area contributed by atoms with Crippen LogP contribution in [0.3, 0.4) is 0 Å². The number of nitrogens with one attached hydrogen (secondary N) is 1. The van der Waals surface area contributed by atoms with Gasteiger partial charge in [-0.3, -0.25) is 4.79 Å². The van der Waals surface area contributed by atoms with Gasteiger partial charge in [0.1, 0.15) is 5.76 Å². The topological polar surface area (TPSA) is 102 Å². The number of rotatable bonds is 3. The highest BCUT2D eigenvalue weighted by Gasteiger charge is 2.30. The fourth-order valence-corrected chi connectivity index (χ4v) is 4.06. The summed E-state index contributed by atoms with van der Waals surface area (Å²) in [6.07, 6.45) is 3.53. The van der Waals surface area contributed by atoms with Crippen LogP contribution in [0, 0.1) is 18.3 Å². The number of urea groups is 1. The number of aryl methyl sites for hydroxylation is 1. The van der Waals surface area contributed by atoms with Gasteiger partial charge >= 0.3 is 6.03 Å². The van der Waals surface area contributed by atoms with Crippen LogP contribution in [-0.2, 0) is 0 Å². The highest BCUT2D eigenvalue weighted by atomic mass is 16.4. The first-order valence-corrected chi connectivity index (χ1v) is 10.4. The Morgan fingerprint density at radius 1 is 1.17 bits per heavy atom. The van der Waals surface area contributed by atoms with Crippen molar-refractivity contribution < 1.29 is 14.0 Å². The van der Waals surface area contributed by atoms with Crippen molar-refractivity contribution in [3.8, 4) is 6.07 Å². The number of carbonyl (C=O) groups excluding carboxylic acids is 2. The van der Waals surface area contributed by atoms with Gasteiger partial charge in [0, 0.05) is 37.8 Å². The van der Waals surface area contributed by atoms with Gasteiger partial charge in [0.05, 0.1) is 11.6 Å². The average Bonchev–Trinajstić information content (AvgIpc) is 3.44. The van der Waals surface area contributed by atoms with Gasteiger partial charge in [-0.2, -0.15) is 5.26 Å². The van der Waals surface area contributed by atoms with E-state index >= 15 is 0 Å². The number of amides is 3. The lowest BCUT2D eigenvalue weighted by atomic mass is 9.97. The number of hydrogen-bond donors (Lipinski definition) is 1. The second kappa shape index (κ2) is 8.57. The average molecular weight is 407 g/mol. The molecule has 2 saturated heterocycles. The van der Waals surface area contributed by atoms with Gasteiger partial charge in [0.25, 0.3) is 5.91 Å². The van der Waals surface area contributed by atoms with Crippen molar-refractivity contribution in [3.63, 3.8) is 0 Å². The first-order chi connectivity index (χ1) is 14.5. The van der Waals surface area contributed by atoms with E-state index in [9.17, 15) is 9.59 Å². The Morgan fingerprint density at radius 2 is 1.90 bits per heavy atom. The molecule has 1 N–H and O–H groups in total. The fraction of sp³-hybridized carbons (Fsp3) is 0.455. The molecule has 30 heavy (non-hydrogen) atoms. The van der Waals surface area contributed by atoms with Crippen molar-refractivity contribution in [2.75, 3.05) is 31.5 Å². The molecule has 4 rings (SSSR count). The molecule has 3 heterocycles. The van der Waals surface area contributed by atoms with Gasteiger partial charge in [0.15, 0.2) is 11.6 Å². The maximum Gasteiger partial charge on any atom is 0.321 e. The molecule has 0 unspecified atom stereocenters. The molecular weight excluding hydrogens is 382 g/mol. The first-order valence-electron chi connectivity index (χ1n) is 10.4. The van der Waals surface area contributed by atoms with E-state index in [4.69, 9.17) is 9.68 Å². The summed E-state index contributed by atoms with van der Waals surface area (Å²) in [5, 5.41) is 11.8. The Labute approximate surface area is 175 Å². The number of benzene rings is 1. The van der Waals surface area contributed by atoms with Crippen LogP contribution in [0.1, 0.15) is 59.3 Å². The fourth-order valence-electron chi connectivity index (χ4n) is 4.06. The molecule has 0 aliphatic carbocycles. The quantitative estimate of drug-likeness (QED) is 0.839. The summed E-state index contributed by atoms with van der Waals surface area (Å²) in [5.41, 5.74) is 1.53. The van der Waals surface area contributed by atoms with E-state index in [0.29, 0.717) is 41.7 Å². The molecule has 2 aromatic rings. The predicted molar refractivity (Wildman–Crippen MR) is 110 cm³/mol. The van der Waals surface area contributed by atoms with Crippen LogP contribution < -0.4 is 5.32 Å².